The van der Waals surface area contributed by atoms with E-state index in [1.54, 1.807) is 29.8 Å². The summed E-state index contributed by atoms with van der Waals surface area (Å²) in [6.07, 6.45) is 0.244. The predicted octanol–water partition coefficient (Wildman–Crippen LogP) is 1.49. The number of carbonyl (C=O) groups excluding carboxylic acids is 1. The average molecular weight is 567 g/mol. The second-order valence-electron chi connectivity index (χ2n) is 9.21. The molecule has 1 atom stereocenters. The fourth-order valence-corrected chi connectivity index (χ4v) is 4.36. The zero-order chi connectivity index (χ0) is 27.7. The van der Waals surface area contributed by atoms with Crippen molar-refractivity contribution in [3.8, 4) is 0 Å². The quantitative estimate of drug-likeness (QED) is 0.177. The molecule has 0 aliphatic rings. The molecular formula is C26H27ClN8O5. The number of carboxylic acids is 1. The summed E-state index contributed by atoms with van der Waals surface area (Å²) < 4.78 is 3.09. The average Bonchev–Trinajstić information content (AvgIpc) is 3.47. The Bertz CT molecular complexity index is 1820. The number of aromatic nitrogens is 6. The number of fused-ring (bicyclic) bond motifs is 2. The molecule has 0 radical (unpaired) electrons. The molecule has 14 heteroatoms. The summed E-state index contributed by atoms with van der Waals surface area (Å²) in [6.45, 7) is 0.371. The molecule has 3 aromatic heterocycles. The summed E-state index contributed by atoms with van der Waals surface area (Å²) in [5.41, 5.74) is 7.77. The molecule has 5 rings (SSSR count). The summed E-state index contributed by atoms with van der Waals surface area (Å²) >= 11 is 0. The number of amides is 1. The Balaban J connectivity index is 0.00000370. The fourth-order valence-electron chi connectivity index (χ4n) is 4.36. The number of anilines is 1. The van der Waals surface area contributed by atoms with E-state index in [1.807, 2.05) is 30.3 Å². The summed E-state index contributed by atoms with van der Waals surface area (Å²) in [6, 6.07) is 13.7. The van der Waals surface area contributed by atoms with Crippen molar-refractivity contribution in [3.05, 3.63) is 86.6 Å². The van der Waals surface area contributed by atoms with Crippen LogP contribution in [0.2, 0.25) is 0 Å². The van der Waals surface area contributed by atoms with Crippen LogP contribution in [0.15, 0.2) is 58.1 Å². The minimum absolute atomic E-state index is 0. The Morgan fingerprint density at radius 1 is 1.10 bits per heavy atom. The van der Waals surface area contributed by atoms with Gasteiger partial charge in [0.25, 0.3) is 5.56 Å². The zero-order valence-electron chi connectivity index (χ0n) is 21.4. The highest BCUT2D eigenvalue weighted by atomic mass is 35.5. The van der Waals surface area contributed by atoms with Crippen LogP contribution in [0.3, 0.4) is 0 Å². The Morgan fingerprint density at radius 2 is 1.85 bits per heavy atom. The van der Waals surface area contributed by atoms with E-state index in [0.717, 1.165) is 5.56 Å². The fraction of sp³-hybridized carbons (Fsp3) is 0.231. The third-order valence-electron chi connectivity index (χ3n) is 6.41. The van der Waals surface area contributed by atoms with Crippen LogP contribution in [0.25, 0.3) is 22.2 Å². The number of H-pyrrole nitrogens is 2. The number of nitrogens with two attached hydrogens (primary N) is 1. The first-order valence-corrected chi connectivity index (χ1v) is 12.2. The topological polar surface area (TPSA) is 194 Å². The third-order valence-corrected chi connectivity index (χ3v) is 6.41. The second kappa shape index (κ2) is 11.6. The number of benzene rings is 2. The molecule has 0 saturated heterocycles. The summed E-state index contributed by atoms with van der Waals surface area (Å²) in [4.78, 5) is 62.9. The van der Waals surface area contributed by atoms with Gasteiger partial charge in [0.15, 0.2) is 11.2 Å². The van der Waals surface area contributed by atoms with E-state index in [1.165, 1.54) is 4.57 Å². The van der Waals surface area contributed by atoms with E-state index in [-0.39, 0.29) is 43.2 Å². The molecule has 0 fully saturated rings. The molecule has 0 bridgehead atoms. The first-order valence-electron chi connectivity index (χ1n) is 12.2. The number of hydrogen-bond acceptors (Lipinski definition) is 7. The first-order chi connectivity index (χ1) is 18.7. The number of aromatic amines is 2. The Morgan fingerprint density at radius 3 is 2.58 bits per heavy atom. The van der Waals surface area contributed by atoms with Crippen LogP contribution >= 0.6 is 12.4 Å². The van der Waals surface area contributed by atoms with Crippen LogP contribution in [0.4, 0.5) is 5.69 Å². The molecule has 1 amide bonds. The molecule has 0 unspecified atom stereocenters. The molecule has 208 valence electrons. The van der Waals surface area contributed by atoms with Crippen LogP contribution < -0.4 is 22.3 Å². The van der Waals surface area contributed by atoms with E-state index in [4.69, 9.17) is 10.8 Å². The molecule has 40 heavy (non-hydrogen) atoms. The summed E-state index contributed by atoms with van der Waals surface area (Å²) in [5, 5.41) is 11.6. The van der Waals surface area contributed by atoms with Gasteiger partial charge >= 0.3 is 11.7 Å². The zero-order valence-corrected chi connectivity index (χ0v) is 22.2. The minimum atomic E-state index is -1.15. The molecule has 0 aliphatic heterocycles. The SMILES string of the molecule is Cl.Cn1c(=O)[nH]c(=O)c2c1nc(Cc1nc3ccc(NC(=O)CC[C@H](N)C(=O)O)cc3[nH]1)n2Cc1ccccc1. The first kappa shape index (κ1) is 28.3. The van der Waals surface area contributed by atoms with Crippen LogP contribution in [0.5, 0.6) is 0 Å². The van der Waals surface area contributed by atoms with Crippen molar-refractivity contribution in [1.29, 1.82) is 0 Å². The largest absolute Gasteiger partial charge is 0.480 e. The van der Waals surface area contributed by atoms with Gasteiger partial charge < -0.3 is 25.7 Å². The van der Waals surface area contributed by atoms with Gasteiger partial charge in [-0.3, -0.25) is 23.9 Å². The number of hydrogen-bond donors (Lipinski definition) is 5. The molecule has 0 aliphatic carbocycles. The smallest absolute Gasteiger partial charge is 0.329 e. The standard InChI is InChI=1S/C26H26N8O5.ClH/c1-33-23-22(24(36)32-26(33)39)34(13-14-5-3-2-4-6-14)20(31-23)12-19-29-17-9-7-15(11-18(17)30-19)28-21(35)10-8-16(27)25(37)38;/h2-7,9,11,16H,8,10,12-13,27H2,1H3,(H,28,35)(H,29,30)(H,37,38)(H,32,36,39);1H/t16-;/m0./s1. The van der Waals surface area contributed by atoms with Gasteiger partial charge in [-0.15, -0.1) is 12.4 Å². The lowest BCUT2D eigenvalue weighted by Crippen LogP contribution is -2.31. The number of imidazole rings is 2. The van der Waals surface area contributed by atoms with E-state index < -0.39 is 23.3 Å². The van der Waals surface area contributed by atoms with Crippen molar-refractivity contribution in [2.45, 2.75) is 31.8 Å². The number of nitrogens with one attached hydrogen (secondary N) is 3. The Kier molecular flexibility index (Phi) is 8.16. The van der Waals surface area contributed by atoms with Crippen molar-refractivity contribution in [2.24, 2.45) is 12.8 Å². The third kappa shape index (κ3) is 5.80. The number of aliphatic carboxylic acids is 1. The lowest BCUT2D eigenvalue weighted by molar-refractivity contribution is -0.138. The van der Waals surface area contributed by atoms with Crippen molar-refractivity contribution in [3.63, 3.8) is 0 Å². The van der Waals surface area contributed by atoms with Crippen molar-refractivity contribution in [1.82, 2.24) is 29.1 Å². The van der Waals surface area contributed by atoms with Gasteiger partial charge in [0.1, 0.15) is 17.7 Å². The molecular weight excluding hydrogens is 540 g/mol. The molecule has 5 aromatic rings. The maximum absolute atomic E-state index is 12.8. The highest BCUT2D eigenvalue weighted by Gasteiger charge is 2.19. The lowest BCUT2D eigenvalue weighted by atomic mass is 10.1. The highest BCUT2D eigenvalue weighted by molar-refractivity contribution is 5.93. The van der Waals surface area contributed by atoms with Gasteiger partial charge in [-0.2, -0.15) is 0 Å². The van der Waals surface area contributed by atoms with Crippen LogP contribution in [-0.2, 0) is 29.6 Å². The highest BCUT2D eigenvalue weighted by Crippen LogP contribution is 2.21. The van der Waals surface area contributed by atoms with Crippen LogP contribution in [0.1, 0.15) is 30.1 Å². The number of halogens is 1. The summed E-state index contributed by atoms with van der Waals surface area (Å²) in [7, 11) is 1.55. The minimum Gasteiger partial charge on any atom is -0.480 e. The molecule has 2 aromatic carbocycles. The van der Waals surface area contributed by atoms with Crippen LogP contribution in [-0.4, -0.2) is 52.1 Å². The van der Waals surface area contributed by atoms with E-state index >= 15 is 0 Å². The van der Waals surface area contributed by atoms with E-state index in [9.17, 15) is 19.2 Å². The molecule has 0 saturated carbocycles. The second-order valence-corrected chi connectivity index (χ2v) is 9.21. The Labute approximate surface area is 232 Å². The van der Waals surface area contributed by atoms with Crippen molar-refractivity contribution in [2.75, 3.05) is 5.32 Å². The molecule has 0 spiro atoms. The molecule has 6 N–H and O–H groups in total. The Hall–Kier alpha value is -4.75. The number of carbonyl (C=O) groups is 2. The van der Waals surface area contributed by atoms with Gasteiger partial charge in [0.2, 0.25) is 5.91 Å². The molecule has 3 heterocycles. The van der Waals surface area contributed by atoms with Crippen molar-refractivity contribution >= 4 is 52.2 Å². The van der Waals surface area contributed by atoms with Gasteiger partial charge in [-0.1, -0.05) is 30.3 Å². The van der Waals surface area contributed by atoms with E-state index in [2.05, 4.69) is 25.3 Å². The maximum Gasteiger partial charge on any atom is 0.329 e. The van der Waals surface area contributed by atoms with Gasteiger partial charge in [-0.05, 0) is 30.2 Å². The van der Waals surface area contributed by atoms with Gasteiger partial charge in [0.05, 0.1) is 17.5 Å². The van der Waals surface area contributed by atoms with Crippen molar-refractivity contribution < 1.29 is 14.7 Å². The monoisotopic (exact) mass is 566 g/mol. The van der Waals surface area contributed by atoms with E-state index in [0.29, 0.717) is 40.4 Å². The number of rotatable bonds is 9. The number of aryl methyl sites for hydroxylation is 1. The van der Waals surface area contributed by atoms with Gasteiger partial charge in [0, 0.05) is 25.7 Å². The predicted molar refractivity (Wildman–Crippen MR) is 151 cm³/mol. The lowest BCUT2D eigenvalue weighted by Gasteiger charge is -2.08. The van der Waals surface area contributed by atoms with Crippen LogP contribution in [0, 0.1) is 0 Å². The normalized spacial score (nSPS) is 11.8. The number of nitrogens with zero attached hydrogens (tertiary/aromatic N) is 4. The maximum atomic E-state index is 12.8. The summed E-state index contributed by atoms with van der Waals surface area (Å²) in [5.74, 6) is -0.385. The number of carboxylic acid groups (broad SMARTS) is 1. The van der Waals surface area contributed by atoms with Gasteiger partial charge in [-0.25, -0.2) is 14.8 Å². The molecule has 13 nitrogen and oxygen atoms in total.